The molecule has 92 valence electrons. The van der Waals surface area contributed by atoms with Crippen LogP contribution in [-0.4, -0.2) is 12.6 Å². The molecule has 15 heavy (non-hydrogen) atoms. The maximum Gasteiger partial charge on any atom is 0.0231 e. The zero-order valence-electron chi connectivity index (χ0n) is 11.9. The topological polar surface area (TPSA) is 12.0 Å². The van der Waals surface area contributed by atoms with Gasteiger partial charge in [0.15, 0.2) is 0 Å². The minimum atomic E-state index is 0.310. The van der Waals surface area contributed by atoms with Crippen molar-refractivity contribution in [3.05, 3.63) is 0 Å². The largest absolute Gasteiger partial charge is 0.314 e. The van der Waals surface area contributed by atoms with Gasteiger partial charge < -0.3 is 5.32 Å². The summed E-state index contributed by atoms with van der Waals surface area (Å²) in [7, 11) is 2.13. The average Bonchev–Trinajstić information content (AvgIpc) is 2.26. The summed E-state index contributed by atoms with van der Waals surface area (Å²) in [6.45, 7) is 14.1. The SMILES string of the molecule is CCC(CC)(NC)C(CC)(CC)C(C)C. The zero-order chi connectivity index (χ0) is 12.1. The summed E-state index contributed by atoms with van der Waals surface area (Å²) in [6, 6.07) is 0. The normalized spacial score (nSPS) is 13.6. The molecule has 0 aromatic carbocycles. The van der Waals surface area contributed by atoms with Crippen molar-refractivity contribution in [2.45, 2.75) is 72.8 Å². The molecular formula is C14H31N. The second kappa shape index (κ2) is 5.89. The first-order chi connectivity index (χ1) is 7.00. The fraction of sp³-hybridized carbons (Fsp3) is 1.00. The second-order valence-corrected chi connectivity index (χ2v) is 5.06. The Morgan fingerprint density at radius 3 is 1.33 bits per heavy atom. The monoisotopic (exact) mass is 213 g/mol. The molecule has 0 aliphatic rings. The molecule has 0 aliphatic heterocycles. The van der Waals surface area contributed by atoms with Gasteiger partial charge in [0.1, 0.15) is 0 Å². The van der Waals surface area contributed by atoms with Crippen LogP contribution in [0.3, 0.4) is 0 Å². The Hall–Kier alpha value is -0.0400. The minimum absolute atomic E-state index is 0.310. The van der Waals surface area contributed by atoms with E-state index in [4.69, 9.17) is 0 Å². The summed E-state index contributed by atoms with van der Waals surface area (Å²) in [4.78, 5) is 0. The maximum atomic E-state index is 3.64. The Labute approximate surface area is 97.0 Å². The molecule has 0 aliphatic carbocycles. The summed E-state index contributed by atoms with van der Waals surface area (Å²) in [5.74, 6) is 0.736. The highest BCUT2D eigenvalue weighted by Crippen LogP contribution is 2.48. The Morgan fingerprint density at radius 2 is 1.27 bits per heavy atom. The standard InChI is InChI=1S/C14H31N/c1-8-13(9-2,12(5)6)14(10-3,11-4)15-7/h12,15H,8-11H2,1-7H3. The van der Waals surface area contributed by atoms with Crippen molar-refractivity contribution in [1.29, 1.82) is 0 Å². The van der Waals surface area contributed by atoms with E-state index < -0.39 is 0 Å². The van der Waals surface area contributed by atoms with Gasteiger partial charge in [-0.2, -0.15) is 0 Å². The predicted molar refractivity (Wildman–Crippen MR) is 70.2 cm³/mol. The highest BCUT2D eigenvalue weighted by atomic mass is 15.0. The van der Waals surface area contributed by atoms with E-state index in [-0.39, 0.29) is 0 Å². The molecule has 0 aromatic heterocycles. The van der Waals surface area contributed by atoms with E-state index in [9.17, 15) is 0 Å². The third-order valence-corrected chi connectivity index (χ3v) is 5.01. The van der Waals surface area contributed by atoms with Crippen molar-refractivity contribution in [3.63, 3.8) is 0 Å². The summed E-state index contributed by atoms with van der Waals surface area (Å²) in [5, 5.41) is 3.64. The van der Waals surface area contributed by atoms with E-state index >= 15 is 0 Å². The Bertz CT molecular complexity index is 156. The number of nitrogens with one attached hydrogen (secondary N) is 1. The van der Waals surface area contributed by atoms with Gasteiger partial charge in [0, 0.05) is 5.54 Å². The van der Waals surface area contributed by atoms with E-state index in [1.54, 1.807) is 0 Å². The molecule has 1 nitrogen and oxygen atoms in total. The van der Waals surface area contributed by atoms with Crippen molar-refractivity contribution in [2.24, 2.45) is 11.3 Å². The molecule has 0 atom stereocenters. The Morgan fingerprint density at radius 1 is 0.867 bits per heavy atom. The molecule has 0 heterocycles. The van der Waals surface area contributed by atoms with Crippen molar-refractivity contribution >= 4 is 0 Å². The van der Waals surface area contributed by atoms with E-state index in [0.717, 1.165) is 5.92 Å². The van der Waals surface area contributed by atoms with E-state index in [0.29, 0.717) is 11.0 Å². The molecule has 0 spiro atoms. The fourth-order valence-electron chi connectivity index (χ4n) is 3.85. The Balaban J connectivity index is 5.34. The molecule has 0 amide bonds. The van der Waals surface area contributed by atoms with Crippen LogP contribution in [-0.2, 0) is 0 Å². The first-order valence-electron chi connectivity index (χ1n) is 6.69. The summed E-state index contributed by atoms with van der Waals surface area (Å²) < 4.78 is 0. The van der Waals surface area contributed by atoms with E-state index in [1.807, 2.05) is 0 Å². The van der Waals surface area contributed by atoms with Crippen molar-refractivity contribution < 1.29 is 0 Å². The molecule has 0 fully saturated rings. The van der Waals surface area contributed by atoms with Gasteiger partial charge in [-0.15, -0.1) is 0 Å². The summed E-state index contributed by atoms with van der Waals surface area (Å²) in [5.41, 5.74) is 0.746. The summed E-state index contributed by atoms with van der Waals surface area (Å²) >= 11 is 0. The van der Waals surface area contributed by atoms with Crippen LogP contribution in [0.15, 0.2) is 0 Å². The Kier molecular flexibility index (Phi) is 5.87. The van der Waals surface area contributed by atoms with E-state index in [1.165, 1.54) is 25.7 Å². The smallest absolute Gasteiger partial charge is 0.0231 e. The first kappa shape index (κ1) is 15.0. The fourth-order valence-corrected chi connectivity index (χ4v) is 3.85. The third-order valence-electron chi connectivity index (χ3n) is 5.01. The molecule has 0 aromatic rings. The van der Waals surface area contributed by atoms with Crippen molar-refractivity contribution in [3.8, 4) is 0 Å². The van der Waals surface area contributed by atoms with Gasteiger partial charge in [-0.1, -0.05) is 41.5 Å². The van der Waals surface area contributed by atoms with Crippen LogP contribution >= 0.6 is 0 Å². The summed E-state index contributed by atoms with van der Waals surface area (Å²) in [6.07, 6.45) is 4.98. The number of rotatable bonds is 7. The second-order valence-electron chi connectivity index (χ2n) is 5.06. The van der Waals surface area contributed by atoms with Gasteiger partial charge in [0.05, 0.1) is 0 Å². The van der Waals surface area contributed by atoms with Crippen LogP contribution in [0, 0.1) is 11.3 Å². The zero-order valence-corrected chi connectivity index (χ0v) is 11.9. The highest BCUT2D eigenvalue weighted by molar-refractivity contribution is 5.02. The van der Waals surface area contributed by atoms with Crippen LogP contribution < -0.4 is 5.32 Å². The maximum absolute atomic E-state index is 3.64. The van der Waals surface area contributed by atoms with Crippen LogP contribution in [0.5, 0.6) is 0 Å². The van der Waals surface area contributed by atoms with Gasteiger partial charge in [0.25, 0.3) is 0 Å². The lowest BCUT2D eigenvalue weighted by Gasteiger charge is -2.53. The van der Waals surface area contributed by atoms with Crippen LogP contribution in [0.1, 0.15) is 67.2 Å². The third kappa shape index (κ3) is 2.22. The lowest BCUT2D eigenvalue weighted by atomic mass is 9.58. The van der Waals surface area contributed by atoms with Crippen LogP contribution in [0.25, 0.3) is 0 Å². The van der Waals surface area contributed by atoms with Gasteiger partial charge in [-0.25, -0.2) is 0 Å². The van der Waals surface area contributed by atoms with Gasteiger partial charge in [-0.3, -0.25) is 0 Å². The van der Waals surface area contributed by atoms with Gasteiger partial charge in [-0.05, 0) is 44.1 Å². The first-order valence-corrected chi connectivity index (χ1v) is 6.69. The molecule has 0 unspecified atom stereocenters. The van der Waals surface area contributed by atoms with Crippen LogP contribution in [0.4, 0.5) is 0 Å². The molecule has 0 radical (unpaired) electrons. The van der Waals surface area contributed by atoms with E-state index in [2.05, 4.69) is 53.9 Å². The predicted octanol–water partition coefficient (Wildman–Crippen LogP) is 4.23. The van der Waals surface area contributed by atoms with Crippen molar-refractivity contribution in [1.82, 2.24) is 5.32 Å². The van der Waals surface area contributed by atoms with Gasteiger partial charge in [0.2, 0.25) is 0 Å². The average molecular weight is 213 g/mol. The molecule has 1 heteroatoms. The minimum Gasteiger partial charge on any atom is -0.314 e. The molecular weight excluding hydrogens is 182 g/mol. The number of hydrogen-bond acceptors (Lipinski definition) is 1. The molecule has 1 N–H and O–H groups in total. The van der Waals surface area contributed by atoms with Crippen molar-refractivity contribution in [2.75, 3.05) is 7.05 Å². The highest BCUT2D eigenvalue weighted by Gasteiger charge is 2.47. The van der Waals surface area contributed by atoms with Gasteiger partial charge >= 0.3 is 0 Å². The van der Waals surface area contributed by atoms with Crippen LogP contribution in [0.2, 0.25) is 0 Å². The molecule has 0 rings (SSSR count). The number of hydrogen-bond donors (Lipinski definition) is 1. The quantitative estimate of drug-likeness (QED) is 0.667. The molecule has 0 bridgehead atoms. The molecule has 0 saturated carbocycles. The lowest BCUT2D eigenvalue weighted by molar-refractivity contribution is 0.0183. The molecule has 0 saturated heterocycles. The lowest BCUT2D eigenvalue weighted by Crippen LogP contribution is -2.58.